The molecule has 4 aromatic rings. The normalized spacial score (nSPS) is 11.9. The van der Waals surface area contributed by atoms with Crippen LogP contribution < -0.4 is 0 Å². The van der Waals surface area contributed by atoms with Crippen molar-refractivity contribution in [3.63, 3.8) is 0 Å². The minimum atomic E-state index is -0.914. The number of rotatable bonds is 5. The SMILES string of the molecule is CCc1ccc2c(c1)-c1nnc(COCc3ccc(F)c(F)c3)n1Cc1c(C#N)ncn1-2. The van der Waals surface area contributed by atoms with Crippen LogP contribution in [-0.4, -0.2) is 24.3 Å². The minimum Gasteiger partial charge on any atom is -0.369 e. The van der Waals surface area contributed by atoms with Crippen LogP contribution in [0.2, 0.25) is 0 Å². The lowest BCUT2D eigenvalue weighted by Crippen LogP contribution is -2.10. The fraction of sp³-hybridized carbons (Fsp3) is 0.217. The molecule has 0 atom stereocenters. The molecule has 0 saturated carbocycles. The summed E-state index contributed by atoms with van der Waals surface area (Å²) in [5.41, 5.74) is 4.51. The van der Waals surface area contributed by atoms with Crippen molar-refractivity contribution < 1.29 is 13.5 Å². The van der Waals surface area contributed by atoms with Gasteiger partial charge >= 0.3 is 0 Å². The number of ether oxygens (including phenoxy) is 1. The van der Waals surface area contributed by atoms with Gasteiger partial charge in [0.2, 0.25) is 0 Å². The third-order valence-electron chi connectivity index (χ3n) is 5.56. The predicted molar refractivity (Wildman–Crippen MR) is 111 cm³/mol. The highest BCUT2D eigenvalue weighted by Gasteiger charge is 2.26. The van der Waals surface area contributed by atoms with Crippen molar-refractivity contribution in [2.75, 3.05) is 0 Å². The Morgan fingerprint density at radius 3 is 2.69 bits per heavy atom. The average Bonchev–Trinajstić information content (AvgIpc) is 3.37. The number of nitriles is 1. The Bertz CT molecular complexity index is 1370. The number of nitrogens with zero attached hydrogens (tertiary/aromatic N) is 6. The molecule has 0 radical (unpaired) electrons. The molecule has 0 aliphatic carbocycles. The second-order valence-electron chi connectivity index (χ2n) is 7.49. The molecule has 2 aromatic heterocycles. The van der Waals surface area contributed by atoms with Crippen LogP contribution in [0.4, 0.5) is 8.78 Å². The molecule has 7 nitrogen and oxygen atoms in total. The van der Waals surface area contributed by atoms with Crippen LogP contribution >= 0.6 is 0 Å². The number of hydrogen-bond donors (Lipinski definition) is 0. The van der Waals surface area contributed by atoms with Crippen LogP contribution in [0, 0.1) is 23.0 Å². The standard InChI is InChI=1S/C23H18F2N6O/c1-2-14-4-6-20-16(7-14)23-29-28-22(12-32-11-15-3-5-17(24)18(25)8-15)30(23)10-21-19(9-26)27-13-31(20)21/h3-8,13H,2,10-12H2,1H3. The van der Waals surface area contributed by atoms with E-state index in [0.717, 1.165) is 41.1 Å². The zero-order valence-electron chi connectivity index (χ0n) is 17.2. The van der Waals surface area contributed by atoms with Gasteiger partial charge in [-0.25, -0.2) is 13.8 Å². The largest absolute Gasteiger partial charge is 0.369 e. The van der Waals surface area contributed by atoms with Crippen molar-refractivity contribution in [2.45, 2.75) is 33.1 Å². The summed E-state index contributed by atoms with van der Waals surface area (Å²) in [5, 5.41) is 18.3. The molecule has 0 amide bonds. The Morgan fingerprint density at radius 1 is 1.06 bits per heavy atom. The smallest absolute Gasteiger partial charge is 0.166 e. The molecule has 1 aliphatic rings. The van der Waals surface area contributed by atoms with Gasteiger partial charge in [0.15, 0.2) is 29.0 Å². The van der Waals surface area contributed by atoms with Gasteiger partial charge in [0.05, 0.1) is 24.5 Å². The summed E-state index contributed by atoms with van der Waals surface area (Å²) in [6.45, 7) is 2.64. The van der Waals surface area contributed by atoms with E-state index in [1.165, 1.54) is 6.07 Å². The molecule has 0 fully saturated rings. The Labute approximate surface area is 182 Å². The van der Waals surface area contributed by atoms with Gasteiger partial charge in [-0.1, -0.05) is 19.1 Å². The highest BCUT2D eigenvalue weighted by molar-refractivity contribution is 5.70. The molecule has 0 bridgehead atoms. The molecule has 160 valence electrons. The van der Waals surface area contributed by atoms with Crippen LogP contribution in [0.15, 0.2) is 42.7 Å². The van der Waals surface area contributed by atoms with E-state index in [4.69, 9.17) is 4.74 Å². The van der Waals surface area contributed by atoms with Crippen molar-refractivity contribution in [2.24, 2.45) is 0 Å². The van der Waals surface area contributed by atoms with Gasteiger partial charge in [0.25, 0.3) is 0 Å². The monoisotopic (exact) mass is 432 g/mol. The Kier molecular flexibility index (Phi) is 4.99. The third kappa shape index (κ3) is 3.35. The molecule has 5 rings (SSSR count). The summed E-state index contributed by atoms with van der Waals surface area (Å²) >= 11 is 0. The summed E-state index contributed by atoms with van der Waals surface area (Å²) in [5.74, 6) is -0.571. The minimum absolute atomic E-state index is 0.0946. The van der Waals surface area contributed by atoms with Gasteiger partial charge in [-0.3, -0.25) is 4.57 Å². The predicted octanol–water partition coefficient (Wildman–Crippen LogP) is 3.92. The maximum atomic E-state index is 13.4. The molecule has 0 N–H and O–H groups in total. The van der Waals surface area contributed by atoms with E-state index in [-0.39, 0.29) is 13.2 Å². The van der Waals surface area contributed by atoms with Gasteiger partial charge < -0.3 is 9.30 Å². The van der Waals surface area contributed by atoms with Gasteiger partial charge in [-0.05, 0) is 41.8 Å². The van der Waals surface area contributed by atoms with Crippen molar-refractivity contribution in [1.82, 2.24) is 24.3 Å². The van der Waals surface area contributed by atoms with Crippen LogP contribution in [0.1, 0.15) is 35.3 Å². The van der Waals surface area contributed by atoms with E-state index in [1.807, 2.05) is 21.3 Å². The van der Waals surface area contributed by atoms with Gasteiger partial charge in [0.1, 0.15) is 19.0 Å². The summed E-state index contributed by atoms with van der Waals surface area (Å²) in [4.78, 5) is 4.25. The molecule has 1 aliphatic heterocycles. The number of aromatic nitrogens is 5. The summed E-state index contributed by atoms with van der Waals surface area (Å²) < 4.78 is 36.1. The number of halogens is 2. The Morgan fingerprint density at radius 2 is 1.91 bits per heavy atom. The van der Waals surface area contributed by atoms with E-state index in [2.05, 4.69) is 34.2 Å². The lowest BCUT2D eigenvalue weighted by atomic mass is 10.1. The fourth-order valence-corrected chi connectivity index (χ4v) is 3.86. The third-order valence-corrected chi connectivity index (χ3v) is 5.56. The zero-order chi connectivity index (χ0) is 22.2. The molecule has 0 saturated heterocycles. The van der Waals surface area contributed by atoms with Crippen molar-refractivity contribution >= 4 is 0 Å². The quantitative estimate of drug-likeness (QED) is 0.420. The number of imidazole rings is 1. The first-order valence-corrected chi connectivity index (χ1v) is 10.1. The summed E-state index contributed by atoms with van der Waals surface area (Å²) in [6.07, 6.45) is 2.52. The number of aryl methyl sites for hydroxylation is 1. The second-order valence-corrected chi connectivity index (χ2v) is 7.49. The zero-order valence-corrected chi connectivity index (χ0v) is 17.2. The average molecular weight is 432 g/mol. The maximum Gasteiger partial charge on any atom is 0.166 e. The van der Waals surface area contributed by atoms with Crippen LogP contribution in [0.5, 0.6) is 0 Å². The van der Waals surface area contributed by atoms with Crippen molar-refractivity contribution in [3.8, 4) is 23.1 Å². The fourth-order valence-electron chi connectivity index (χ4n) is 3.86. The summed E-state index contributed by atoms with van der Waals surface area (Å²) in [7, 11) is 0. The highest BCUT2D eigenvalue weighted by atomic mass is 19.2. The molecular formula is C23H18F2N6O. The molecule has 0 unspecified atom stereocenters. The van der Waals surface area contributed by atoms with Crippen molar-refractivity contribution in [1.29, 1.82) is 5.26 Å². The molecular weight excluding hydrogens is 414 g/mol. The first-order valence-electron chi connectivity index (χ1n) is 10.1. The maximum absolute atomic E-state index is 13.4. The second kappa shape index (κ2) is 7.98. The Hall–Kier alpha value is -3.90. The molecule has 0 spiro atoms. The van der Waals surface area contributed by atoms with Crippen LogP contribution in [0.25, 0.3) is 17.1 Å². The lowest BCUT2D eigenvalue weighted by Gasteiger charge is -2.09. The van der Waals surface area contributed by atoms with E-state index in [0.29, 0.717) is 29.5 Å². The van der Waals surface area contributed by atoms with E-state index < -0.39 is 11.6 Å². The number of fused-ring (bicyclic) bond motifs is 5. The first kappa shape index (κ1) is 20.0. The van der Waals surface area contributed by atoms with Crippen LogP contribution in [-0.2, 0) is 30.9 Å². The molecule has 32 heavy (non-hydrogen) atoms. The highest BCUT2D eigenvalue weighted by Crippen LogP contribution is 2.33. The summed E-state index contributed by atoms with van der Waals surface area (Å²) in [6, 6.07) is 11.9. The van der Waals surface area contributed by atoms with E-state index >= 15 is 0 Å². The molecule has 9 heteroatoms. The molecule has 3 heterocycles. The van der Waals surface area contributed by atoms with Gasteiger partial charge in [0, 0.05) is 5.56 Å². The Balaban J connectivity index is 1.50. The van der Waals surface area contributed by atoms with E-state index in [9.17, 15) is 14.0 Å². The van der Waals surface area contributed by atoms with Gasteiger partial charge in [-0.2, -0.15) is 5.26 Å². The molecule has 2 aromatic carbocycles. The first-order chi connectivity index (χ1) is 15.6. The van der Waals surface area contributed by atoms with E-state index in [1.54, 1.807) is 6.33 Å². The van der Waals surface area contributed by atoms with Crippen molar-refractivity contribution in [3.05, 3.63) is 82.7 Å². The number of hydrogen-bond acceptors (Lipinski definition) is 5. The van der Waals surface area contributed by atoms with Crippen LogP contribution in [0.3, 0.4) is 0 Å². The number of benzene rings is 2. The lowest BCUT2D eigenvalue weighted by molar-refractivity contribution is 0.0991. The topological polar surface area (TPSA) is 81.6 Å². The van der Waals surface area contributed by atoms with Gasteiger partial charge in [-0.15, -0.1) is 10.2 Å².